The molecule has 1 aliphatic rings. The lowest BCUT2D eigenvalue weighted by molar-refractivity contribution is -0.385. The van der Waals surface area contributed by atoms with Gasteiger partial charge in [-0.25, -0.2) is 0 Å². The Balaban J connectivity index is 2.43. The van der Waals surface area contributed by atoms with E-state index in [1.807, 2.05) is 0 Å². The van der Waals surface area contributed by atoms with Gasteiger partial charge in [0.15, 0.2) is 0 Å². The lowest BCUT2D eigenvalue weighted by atomic mass is 10.1. The maximum absolute atomic E-state index is 13.0. The molecular formula is C20H29N7O6S. The van der Waals surface area contributed by atoms with Crippen molar-refractivity contribution in [3.63, 3.8) is 0 Å². The van der Waals surface area contributed by atoms with Crippen LogP contribution >= 0.6 is 11.8 Å². The largest absolute Gasteiger partial charge is 0.370 e. The van der Waals surface area contributed by atoms with Gasteiger partial charge in [-0.2, -0.15) is 0 Å². The Hall–Kier alpha value is -3.23. The quantitative estimate of drug-likeness (QED) is 0.142. The lowest BCUT2D eigenvalue weighted by Crippen LogP contribution is -2.56. The molecule has 34 heavy (non-hydrogen) atoms. The van der Waals surface area contributed by atoms with E-state index in [0.29, 0.717) is 24.3 Å². The molecule has 3 atom stereocenters. The second-order valence-electron chi connectivity index (χ2n) is 7.77. The second kappa shape index (κ2) is 12.9. The van der Waals surface area contributed by atoms with Gasteiger partial charge in [-0.15, -0.1) is 11.8 Å². The first kappa shape index (κ1) is 27.0. The van der Waals surface area contributed by atoms with Gasteiger partial charge in [0.1, 0.15) is 12.1 Å². The van der Waals surface area contributed by atoms with Crippen LogP contribution in [0.4, 0.5) is 5.69 Å². The van der Waals surface area contributed by atoms with E-state index in [-0.39, 0.29) is 30.0 Å². The first-order valence-corrected chi connectivity index (χ1v) is 11.6. The number of benzene rings is 1. The molecule has 1 aromatic rings. The molecule has 1 heterocycles. The highest BCUT2D eigenvalue weighted by Crippen LogP contribution is 2.27. The van der Waals surface area contributed by atoms with E-state index in [0.717, 1.165) is 0 Å². The number of primary amides is 2. The standard InChI is InChI=1S/C20H29N7O6S/c21-6-2-1-3-13-19(30)26-15(18(23)29)10-34-12-4-5-16(27(32)33)11(7-12)9-24-14(8-17(22)28)20(31)25-13/h4-5,7,13-15,24H,1-3,6,8-10,21H2,(H2,22,28)(H2,23,29)(H,25,31)(H,26,30)/t13?,14-,15?/m0/s1. The third kappa shape index (κ3) is 7.97. The van der Waals surface area contributed by atoms with Crippen molar-refractivity contribution in [3.8, 4) is 0 Å². The first-order valence-electron chi connectivity index (χ1n) is 10.6. The molecule has 0 aliphatic carbocycles. The molecule has 0 saturated heterocycles. The van der Waals surface area contributed by atoms with Gasteiger partial charge >= 0.3 is 0 Å². The van der Waals surface area contributed by atoms with Gasteiger partial charge in [0.2, 0.25) is 23.6 Å². The number of hydrogen-bond acceptors (Lipinski definition) is 9. The molecule has 13 nitrogen and oxygen atoms in total. The van der Waals surface area contributed by atoms with E-state index in [4.69, 9.17) is 17.2 Å². The van der Waals surface area contributed by atoms with Gasteiger partial charge in [0.05, 0.1) is 17.4 Å². The summed E-state index contributed by atoms with van der Waals surface area (Å²) in [5, 5.41) is 19.4. The maximum atomic E-state index is 13.0. The Morgan fingerprint density at radius 2 is 1.82 bits per heavy atom. The third-order valence-electron chi connectivity index (χ3n) is 5.16. The van der Waals surface area contributed by atoms with Crippen molar-refractivity contribution in [3.05, 3.63) is 33.9 Å². The van der Waals surface area contributed by atoms with Gasteiger partial charge < -0.3 is 33.2 Å². The number of rotatable bonds is 8. The average Bonchev–Trinajstić information content (AvgIpc) is 2.77. The van der Waals surface area contributed by atoms with Crippen LogP contribution in [0.5, 0.6) is 0 Å². The summed E-state index contributed by atoms with van der Waals surface area (Å²) < 4.78 is 0. The topological polar surface area (TPSA) is 226 Å². The van der Waals surface area contributed by atoms with Crippen molar-refractivity contribution in [2.75, 3.05) is 12.3 Å². The third-order valence-corrected chi connectivity index (χ3v) is 6.25. The molecule has 0 spiro atoms. The van der Waals surface area contributed by atoms with Crippen molar-refractivity contribution in [2.45, 2.75) is 55.2 Å². The highest BCUT2D eigenvalue weighted by Gasteiger charge is 2.30. The number of unbranched alkanes of at least 4 members (excludes halogenated alkanes) is 1. The molecule has 2 unspecified atom stereocenters. The van der Waals surface area contributed by atoms with E-state index in [2.05, 4.69) is 16.0 Å². The maximum Gasteiger partial charge on any atom is 0.273 e. The molecule has 1 aliphatic heterocycles. The van der Waals surface area contributed by atoms with Crippen LogP contribution in [0, 0.1) is 10.1 Å². The summed E-state index contributed by atoms with van der Waals surface area (Å²) in [6.45, 7) is 0.282. The van der Waals surface area contributed by atoms with E-state index >= 15 is 0 Å². The van der Waals surface area contributed by atoms with Crippen LogP contribution in [0.15, 0.2) is 23.1 Å². The minimum Gasteiger partial charge on any atom is -0.370 e. The molecular weight excluding hydrogens is 466 g/mol. The summed E-state index contributed by atoms with van der Waals surface area (Å²) >= 11 is 1.19. The fourth-order valence-corrected chi connectivity index (χ4v) is 4.34. The molecule has 9 N–H and O–H groups in total. The predicted octanol–water partition coefficient (Wildman–Crippen LogP) is -1.38. The van der Waals surface area contributed by atoms with Crippen LogP contribution in [0.1, 0.15) is 31.2 Å². The fraction of sp³-hybridized carbons (Fsp3) is 0.500. The Labute approximate surface area is 200 Å². The predicted molar refractivity (Wildman–Crippen MR) is 124 cm³/mol. The number of nitro benzene ring substituents is 1. The number of nitrogens with one attached hydrogen (secondary N) is 3. The van der Waals surface area contributed by atoms with Crippen molar-refractivity contribution in [2.24, 2.45) is 17.2 Å². The number of nitro groups is 1. The van der Waals surface area contributed by atoms with E-state index in [1.165, 1.54) is 30.0 Å². The zero-order valence-corrected chi connectivity index (χ0v) is 19.3. The average molecular weight is 496 g/mol. The van der Waals surface area contributed by atoms with Gasteiger partial charge in [0.25, 0.3) is 5.69 Å². The smallest absolute Gasteiger partial charge is 0.273 e. The van der Waals surface area contributed by atoms with E-state index in [9.17, 15) is 29.3 Å². The molecule has 0 fully saturated rings. The number of hydrogen-bond donors (Lipinski definition) is 6. The normalized spacial score (nSPS) is 21.6. The molecule has 14 heteroatoms. The number of thioether (sulfide) groups is 1. The SMILES string of the molecule is NCCCCC1NC(=O)[C@H](CC(N)=O)NCc2cc(ccc2[N+](=O)[O-])SCC(C(N)=O)NC1=O. The lowest BCUT2D eigenvalue weighted by Gasteiger charge is -2.25. The monoisotopic (exact) mass is 495 g/mol. The first-order chi connectivity index (χ1) is 16.1. The minimum absolute atomic E-state index is 0.0829. The highest BCUT2D eigenvalue weighted by molar-refractivity contribution is 7.99. The number of nitrogens with two attached hydrogens (primary N) is 3. The number of nitrogens with zero attached hydrogens (tertiary/aromatic N) is 1. The van der Waals surface area contributed by atoms with Crippen LogP contribution in [0.25, 0.3) is 0 Å². The van der Waals surface area contributed by atoms with Gasteiger partial charge in [0, 0.05) is 28.8 Å². The highest BCUT2D eigenvalue weighted by atomic mass is 32.2. The Morgan fingerprint density at radius 3 is 2.44 bits per heavy atom. The fourth-order valence-electron chi connectivity index (χ4n) is 3.34. The van der Waals surface area contributed by atoms with Crippen molar-refractivity contribution < 1.29 is 24.1 Å². The van der Waals surface area contributed by atoms with Crippen molar-refractivity contribution >= 4 is 41.1 Å². The summed E-state index contributed by atoms with van der Waals surface area (Å²) in [5.41, 5.74) is 16.4. The van der Waals surface area contributed by atoms with Gasteiger partial charge in [-0.1, -0.05) is 0 Å². The molecule has 2 bridgehead atoms. The minimum atomic E-state index is -1.15. The van der Waals surface area contributed by atoms with Crippen molar-refractivity contribution in [1.29, 1.82) is 0 Å². The molecule has 1 aromatic carbocycles. The molecule has 0 saturated carbocycles. The Kier molecular flexibility index (Phi) is 10.2. The van der Waals surface area contributed by atoms with Crippen LogP contribution in [0.3, 0.4) is 0 Å². The Morgan fingerprint density at radius 1 is 1.12 bits per heavy atom. The van der Waals surface area contributed by atoms with Crippen molar-refractivity contribution in [1.82, 2.24) is 16.0 Å². The Bertz CT molecular complexity index is 944. The van der Waals surface area contributed by atoms with Crippen LogP contribution in [-0.4, -0.2) is 59.0 Å². The molecule has 186 valence electrons. The van der Waals surface area contributed by atoms with Crippen LogP contribution in [0.2, 0.25) is 0 Å². The van der Waals surface area contributed by atoms with Gasteiger partial charge in [-0.05, 0) is 37.9 Å². The summed E-state index contributed by atoms with van der Waals surface area (Å²) in [6.07, 6.45) is 0.974. The summed E-state index contributed by atoms with van der Waals surface area (Å²) in [4.78, 5) is 60.9. The van der Waals surface area contributed by atoms with Crippen LogP contribution < -0.4 is 33.2 Å². The molecule has 2 rings (SSSR count). The van der Waals surface area contributed by atoms with Crippen LogP contribution in [-0.2, 0) is 25.7 Å². The summed E-state index contributed by atoms with van der Waals surface area (Å²) in [7, 11) is 0. The molecule has 4 amide bonds. The molecule has 0 radical (unpaired) electrons. The number of carbonyl (C=O) groups is 4. The van der Waals surface area contributed by atoms with Gasteiger partial charge in [-0.3, -0.25) is 29.3 Å². The number of carbonyl (C=O) groups excluding carboxylic acids is 4. The summed E-state index contributed by atoms with van der Waals surface area (Å²) in [5.74, 6) is -2.75. The summed E-state index contributed by atoms with van der Waals surface area (Å²) in [6, 6.07) is 1.15. The van der Waals surface area contributed by atoms with E-state index in [1.54, 1.807) is 0 Å². The second-order valence-corrected chi connectivity index (χ2v) is 8.87. The number of fused-ring (bicyclic) bond motifs is 2. The molecule has 0 aromatic heterocycles. The number of amides is 4. The van der Waals surface area contributed by atoms with E-state index < -0.39 is 53.1 Å². The zero-order valence-electron chi connectivity index (χ0n) is 18.5. The zero-order chi connectivity index (χ0) is 25.3.